The molecule has 0 heterocycles. The van der Waals surface area contributed by atoms with Crippen LogP contribution in [-0.4, -0.2) is 11.8 Å². The maximum absolute atomic E-state index is 13.0. The molecule has 0 aromatic rings. The van der Waals surface area contributed by atoms with Gasteiger partial charge in [-0.2, -0.15) is 13.2 Å². The molecule has 0 aliphatic carbocycles. The van der Waals surface area contributed by atoms with Crippen molar-refractivity contribution in [2.24, 2.45) is 5.92 Å². The highest BCUT2D eigenvalue weighted by molar-refractivity contribution is 4.88. The van der Waals surface area contributed by atoms with Gasteiger partial charge in [-0.05, 0) is 12.3 Å². The Morgan fingerprint density at radius 2 is 1.45 bits per heavy atom. The van der Waals surface area contributed by atoms with Crippen LogP contribution < -0.4 is 0 Å². The van der Waals surface area contributed by atoms with E-state index in [0.29, 0.717) is 0 Å². The molecule has 11 heavy (non-hydrogen) atoms. The number of halogens is 4. The molecule has 0 aromatic carbocycles. The number of alkyl halides is 4. The number of hydrogen-bond donors (Lipinski definition) is 0. The van der Waals surface area contributed by atoms with Crippen LogP contribution in [0.15, 0.2) is 0 Å². The summed E-state index contributed by atoms with van der Waals surface area (Å²) in [5, 5.41) is 0. The number of hydrogen-bond acceptors (Lipinski definition) is 0. The summed E-state index contributed by atoms with van der Waals surface area (Å²) < 4.78 is 49.0. The first kappa shape index (κ1) is 10.7. The van der Waals surface area contributed by atoms with Gasteiger partial charge >= 0.3 is 6.18 Å². The average molecular weight is 172 g/mol. The molecule has 1 unspecified atom stereocenters. The van der Waals surface area contributed by atoms with Crippen LogP contribution in [0, 0.1) is 5.92 Å². The smallest absolute Gasteiger partial charge is 0.234 e. The van der Waals surface area contributed by atoms with Gasteiger partial charge in [-0.1, -0.05) is 20.8 Å². The Hall–Kier alpha value is -0.280. The van der Waals surface area contributed by atoms with Gasteiger partial charge in [0.05, 0.1) is 0 Å². The molecule has 0 fully saturated rings. The van der Waals surface area contributed by atoms with Crippen molar-refractivity contribution in [2.45, 2.75) is 39.0 Å². The highest BCUT2D eigenvalue weighted by atomic mass is 19.4. The Balaban J connectivity index is 4.61. The lowest BCUT2D eigenvalue weighted by Gasteiger charge is -2.30. The Morgan fingerprint density at radius 1 is 1.09 bits per heavy atom. The quantitative estimate of drug-likeness (QED) is 0.560. The summed E-state index contributed by atoms with van der Waals surface area (Å²) in [5.41, 5.74) is -3.02. The molecule has 0 aliphatic rings. The van der Waals surface area contributed by atoms with Crippen molar-refractivity contribution >= 4 is 0 Å². The highest BCUT2D eigenvalue weighted by Gasteiger charge is 2.56. The Morgan fingerprint density at radius 3 is 1.45 bits per heavy atom. The summed E-state index contributed by atoms with van der Waals surface area (Å²) >= 11 is 0. The van der Waals surface area contributed by atoms with E-state index >= 15 is 0 Å². The highest BCUT2D eigenvalue weighted by Crippen LogP contribution is 2.41. The van der Waals surface area contributed by atoms with E-state index in [1.807, 2.05) is 0 Å². The normalized spacial score (nSPS) is 18.5. The molecular formula is C7H12F4. The molecule has 68 valence electrons. The first-order valence-corrected chi connectivity index (χ1v) is 3.51. The maximum Gasteiger partial charge on any atom is 0.422 e. The van der Waals surface area contributed by atoms with Gasteiger partial charge in [0.1, 0.15) is 0 Å². The molecule has 0 nitrogen and oxygen atoms in total. The molecule has 0 radical (unpaired) electrons. The zero-order valence-corrected chi connectivity index (χ0v) is 6.80. The molecule has 0 saturated carbocycles. The second kappa shape index (κ2) is 2.99. The van der Waals surface area contributed by atoms with Crippen LogP contribution in [-0.2, 0) is 0 Å². The van der Waals surface area contributed by atoms with Crippen LogP contribution in [0.4, 0.5) is 17.6 Å². The Bertz CT molecular complexity index is 127. The second-order valence-electron chi connectivity index (χ2n) is 2.87. The van der Waals surface area contributed by atoms with Gasteiger partial charge in [0.15, 0.2) is 0 Å². The van der Waals surface area contributed by atoms with Gasteiger partial charge in [0.25, 0.3) is 0 Å². The van der Waals surface area contributed by atoms with Crippen LogP contribution in [0.1, 0.15) is 27.2 Å². The molecule has 0 amide bonds. The third-order valence-electron chi connectivity index (χ3n) is 1.90. The number of rotatable bonds is 2. The molecule has 0 N–H and O–H groups in total. The standard InChI is InChI=1S/C7H12F4/c1-4-6(8,5(2)3)7(9,10)11/h5H,4H2,1-3H3. The fourth-order valence-corrected chi connectivity index (χ4v) is 0.936. The van der Waals surface area contributed by atoms with E-state index in [-0.39, 0.29) is 0 Å². The van der Waals surface area contributed by atoms with Crippen molar-refractivity contribution < 1.29 is 17.6 Å². The summed E-state index contributed by atoms with van der Waals surface area (Å²) in [6.07, 6.45) is -5.26. The monoisotopic (exact) mass is 172 g/mol. The van der Waals surface area contributed by atoms with E-state index in [9.17, 15) is 17.6 Å². The van der Waals surface area contributed by atoms with E-state index in [2.05, 4.69) is 0 Å². The molecule has 4 heteroatoms. The predicted octanol–water partition coefficient (Wildman–Crippen LogP) is 3.32. The molecule has 0 saturated heterocycles. The maximum atomic E-state index is 13.0. The van der Waals surface area contributed by atoms with E-state index in [4.69, 9.17) is 0 Å². The van der Waals surface area contributed by atoms with Gasteiger partial charge < -0.3 is 0 Å². The largest absolute Gasteiger partial charge is 0.422 e. The van der Waals surface area contributed by atoms with Gasteiger partial charge in [0.2, 0.25) is 5.67 Å². The summed E-state index contributed by atoms with van der Waals surface area (Å²) in [4.78, 5) is 0. The Labute approximate surface area is 63.6 Å². The average Bonchev–Trinajstić information content (AvgIpc) is 1.83. The van der Waals surface area contributed by atoms with Crippen molar-refractivity contribution in [3.05, 3.63) is 0 Å². The van der Waals surface area contributed by atoms with Crippen LogP contribution in [0.25, 0.3) is 0 Å². The molecule has 0 spiro atoms. The van der Waals surface area contributed by atoms with Crippen LogP contribution in [0.3, 0.4) is 0 Å². The van der Waals surface area contributed by atoms with Crippen molar-refractivity contribution in [1.82, 2.24) is 0 Å². The lowest BCUT2D eigenvalue weighted by molar-refractivity contribution is -0.246. The minimum atomic E-state index is -4.74. The van der Waals surface area contributed by atoms with Crippen molar-refractivity contribution in [3.63, 3.8) is 0 Å². The topological polar surface area (TPSA) is 0 Å². The molecule has 0 rings (SSSR count). The zero-order valence-electron chi connectivity index (χ0n) is 6.80. The van der Waals surface area contributed by atoms with Gasteiger partial charge in [-0.3, -0.25) is 0 Å². The third-order valence-corrected chi connectivity index (χ3v) is 1.90. The fraction of sp³-hybridized carbons (Fsp3) is 1.00. The summed E-state index contributed by atoms with van der Waals surface area (Å²) in [6.45, 7) is 3.67. The molecule has 1 atom stereocenters. The summed E-state index contributed by atoms with van der Waals surface area (Å²) in [7, 11) is 0. The molecule has 0 aliphatic heterocycles. The fourth-order valence-electron chi connectivity index (χ4n) is 0.936. The zero-order chi connectivity index (χ0) is 9.28. The molecule has 0 bridgehead atoms. The summed E-state index contributed by atoms with van der Waals surface area (Å²) in [5.74, 6) is -1.02. The third kappa shape index (κ3) is 1.84. The predicted molar refractivity (Wildman–Crippen MR) is 35.0 cm³/mol. The van der Waals surface area contributed by atoms with Crippen molar-refractivity contribution in [2.75, 3.05) is 0 Å². The van der Waals surface area contributed by atoms with E-state index in [1.165, 1.54) is 20.8 Å². The van der Waals surface area contributed by atoms with Crippen molar-refractivity contribution in [1.29, 1.82) is 0 Å². The lowest BCUT2D eigenvalue weighted by Crippen LogP contribution is -2.44. The molecular weight excluding hydrogens is 160 g/mol. The van der Waals surface area contributed by atoms with Gasteiger partial charge in [0, 0.05) is 0 Å². The van der Waals surface area contributed by atoms with Gasteiger partial charge in [-0.15, -0.1) is 0 Å². The van der Waals surface area contributed by atoms with Gasteiger partial charge in [-0.25, -0.2) is 4.39 Å². The second-order valence-corrected chi connectivity index (χ2v) is 2.87. The van der Waals surface area contributed by atoms with Crippen LogP contribution >= 0.6 is 0 Å². The first-order valence-electron chi connectivity index (χ1n) is 3.51. The minimum absolute atomic E-state index is 0.520. The van der Waals surface area contributed by atoms with E-state index in [1.54, 1.807) is 0 Å². The van der Waals surface area contributed by atoms with E-state index < -0.39 is 24.2 Å². The van der Waals surface area contributed by atoms with Crippen LogP contribution in [0.2, 0.25) is 0 Å². The minimum Gasteiger partial charge on any atom is -0.234 e. The summed E-state index contributed by atoms with van der Waals surface area (Å²) in [6, 6.07) is 0. The lowest BCUT2D eigenvalue weighted by atomic mass is 9.89. The van der Waals surface area contributed by atoms with Crippen LogP contribution in [0.5, 0.6) is 0 Å². The molecule has 0 aromatic heterocycles. The van der Waals surface area contributed by atoms with E-state index in [0.717, 1.165) is 0 Å². The Kier molecular flexibility index (Phi) is 2.91. The SMILES string of the molecule is CCC(F)(C(C)C)C(F)(F)F. The van der Waals surface area contributed by atoms with Crippen molar-refractivity contribution in [3.8, 4) is 0 Å². The first-order chi connectivity index (χ1) is 4.75.